The molecule has 0 aliphatic rings. The molecule has 0 aliphatic heterocycles. The number of aryl methyl sites for hydroxylation is 1. The van der Waals surface area contributed by atoms with E-state index in [1.54, 1.807) is 7.11 Å². The molecule has 5 nitrogen and oxygen atoms in total. The molecule has 5 heteroatoms. The quantitative estimate of drug-likeness (QED) is 0.794. The molecule has 3 rings (SSSR count). The zero-order chi connectivity index (χ0) is 16.2. The molecule has 0 atom stereocenters. The molecule has 0 spiro atoms. The smallest absolute Gasteiger partial charge is 0.413 e. The first-order chi connectivity index (χ1) is 11.2. The molecule has 0 unspecified atom stereocenters. The van der Waals surface area contributed by atoms with Crippen LogP contribution in [0, 0.1) is 0 Å². The van der Waals surface area contributed by atoms with Crippen molar-refractivity contribution in [2.24, 2.45) is 7.05 Å². The molecule has 0 saturated carbocycles. The van der Waals surface area contributed by atoms with Gasteiger partial charge < -0.3 is 14.0 Å². The topological polar surface area (TPSA) is 52.5 Å². The average molecular weight is 310 g/mol. The number of carbonyl (C=O) groups is 1. The van der Waals surface area contributed by atoms with E-state index in [2.05, 4.69) is 5.32 Å². The number of amides is 1. The third kappa shape index (κ3) is 3.29. The molecule has 118 valence electrons. The average Bonchev–Trinajstić information content (AvgIpc) is 2.89. The van der Waals surface area contributed by atoms with Crippen molar-refractivity contribution in [2.75, 3.05) is 12.4 Å². The summed E-state index contributed by atoms with van der Waals surface area (Å²) in [6, 6.07) is 17.2. The molecule has 23 heavy (non-hydrogen) atoms. The highest BCUT2D eigenvalue weighted by molar-refractivity contribution is 5.91. The number of nitrogens with one attached hydrogen (secondary N) is 1. The second-order valence-corrected chi connectivity index (χ2v) is 5.20. The summed E-state index contributed by atoms with van der Waals surface area (Å²) in [6.45, 7) is 0.241. The van der Waals surface area contributed by atoms with Gasteiger partial charge in [0.25, 0.3) is 0 Å². The van der Waals surface area contributed by atoms with Gasteiger partial charge in [0.05, 0.1) is 7.11 Å². The summed E-state index contributed by atoms with van der Waals surface area (Å²) in [5, 5.41) is 3.76. The molecule has 1 heterocycles. The lowest BCUT2D eigenvalue weighted by Crippen LogP contribution is -2.15. The van der Waals surface area contributed by atoms with Crippen LogP contribution in [0.1, 0.15) is 5.56 Å². The summed E-state index contributed by atoms with van der Waals surface area (Å²) in [7, 11) is 3.52. The van der Waals surface area contributed by atoms with Gasteiger partial charge in [-0.05, 0) is 29.8 Å². The second kappa shape index (κ2) is 6.44. The van der Waals surface area contributed by atoms with Crippen molar-refractivity contribution in [2.45, 2.75) is 6.61 Å². The van der Waals surface area contributed by atoms with Gasteiger partial charge in [-0.25, -0.2) is 4.79 Å². The van der Waals surface area contributed by atoms with Gasteiger partial charge in [-0.15, -0.1) is 0 Å². The minimum Gasteiger partial charge on any atom is -0.497 e. The molecule has 0 radical (unpaired) electrons. The van der Waals surface area contributed by atoms with Crippen LogP contribution in [0.3, 0.4) is 0 Å². The Balaban J connectivity index is 1.70. The standard InChI is InChI=1S/C18H18N2O3/c1-20-16-9-8-15(22-2)10-14(16)11-17(20)19-18(21)23-12-13-6-4-3-5-7-13/h3-11H,12H2,1-2H3,(H,19,21). The zero-order valence-corrected chi connectivity index (χ0v) is 13.1. The van der Waals surface area contributed by atoms with Crippen LogP contribution >= 0.6 is 0 Å². The summed E-state index contributed by atoms with van der Waals surface area (Å²) >= 11 is 0. The molecular formula is C18H18N2O3. The number of benzene rings is 2. The number of anilines is 1. The number of hydrogen-bond donors (Lipinski definition) is 1. The Kier molecular flexibility index (Phi) is 4.19. The highest BCUT2D eigenvalue weighted by Gasteiger charge is 2.10. The molecule has 0 fully saturated rings. The van der Waals surface area contributed by atoms with Gasteiger partial charge in [0.1, 0.15) is 18.2 Å². The van der Waals surface area contributed by atoms with Crippen molar-refractivity contribution in [3.63, 3.8) is 0 Å². The predicted octanol–water partition coefficient (Wildman–Crippen LogP) is 3.94. The Labute approximate surface area is 134 Å². The van der Waals surface area contributed by atoms with Gasteiger partial charge in [0.2, 0.25) is 0 Å². The number of hydrogen-bond acceptors (Lipinski definition) is 3. The van der Waals surface area contributed by atoms with Crippen molar-refractivity contribution in [3.8, 4) is 5.75 Å². The fourth-order valence-electron chi connectivity index (χ4n) is 2.44. The van der Waals surface area contributed by atoms with Gasteiger partial charge in [0.15, 0.2) is 0 Å². The minimum atomic E-state index is -0.480. The number of carbonyl (C=O) groups excluding carboxylic acids is 1. The Bertz CT molecular complexity index is 825. The summed E-state index contributed by atoms with van der Waals surface area (Å²) < 4.78 is 12.4. The Morgan fingerprint density at radius 2 is 1.91 bits per heavy atom. The van der Waals surface area contributed by atoms with Gasteiger partial charge in [-0.3, -0.25) is 5.32 Å². The van der Waals surface area contributed by atoms with Crippen LogP contribution in [-0.2, 0) is 18.4 Å². The zero-order valence-electron chi connectivity index (χ0n) is 13.1. The lowest BCUT2D eigenvalue weighted by Gasteiger charge is -2.08. The molecule has 0 saturated heterocycles. The first-order valence-electron chi connectivity index (χ1n) is 7.28. The van der Waals surface area contributed by atoms with Crippen LogP contribution in [-0.4, -0.2) is 17.8 Å². The minimum absolute atomic E-state index is 0.241. The monoisotopic (exact) mass is 310 g/mol. The third-order valence-corrected chi connectivity index (χ3v) is 3.69. The third-order valence-electron chi connectivity index (χ3n) is 3.69. The van der Waals surface area contributed by atoms with E-state index in [1.807, 2.05) is 66.2 Å². The van der Waals surface area contributed by atoms with E-state index in [0.717, 1.165) is 22.2 Å². The number of nitrogens with zero attached hydrogens (tertiary/aromatic N) is 1. The molecular weight excluding hydrogens is 292 g/mol. The van der Waals surface area contributed by atoms with E-state index in [-0.39, 0.29) is 6.61 Å². The summed E-state index contributed by atoms with van der Waals surface area (Å²) in [4.78, 5) is 12.0. The summed E-state index contributed by atoms with van der Waals surface area (Å²) in [6.07, 6.45) is -0.480. The van der Waals surface area contributed by atoms with Crippen LogP contribution in [0.5, 0.6) is 5.75 Å². The molecule has 0 aliphatic carbocycles. The number of ether oxygens (including phenoxy) is 2. The fraction of sp³-hybridized carbons (Fsp3) is 0.167. The van der Waals surface area contributed by atoms with Crippen molar-refractivity contribution >= 4 is 22.8 Å². The van der Waals surface area contributed by atoms with E-state index < -0.39 is 6.09 Å². The van der Waals surface area contributed by atoms with Crippen LogP contribution in [0.15, 0.2) is 54.6 Å². The van der Waals surface area contributed by atoms with Crippen molar-refractivity contribution < 1.29 is 14.3 Å². The van der Waals surface area contributed by atoms with Gasteiger partial charge in [0, 0.05) is 18.0 Å². The summed E-state index contributed by atoms with van der Waals surface area (Å²) in [5.74, 6) is 1.45. The molecule has 1 amide bonds. The molecule has 2 aromatic carbocycles. The Morgan fingerprint density at radius 3 is 2.65 bits per heavy atom. The first-order valence-corrected chi connectivity index (χ1v) is 7.28. The predicted molar refractivity (Wildman–Crippen MR) is 89.7 cm³/mol. The van der Waals surface area contributed by atoms with Gasteiger partial charge in [-0.1, -0.05) is 30.3 Å². The van der Waals surface area contributed by atoms with E-state index in [0.29, 0.717) is 5.82 Å². The Hall–Kier alpha value is -2.95. The van der Waals surface area contributed by atoms with E-state index >= 15 is 0 Å². The molecule has 1 aromatic heterocycles. The number of rotatable bonds is 4. The van der Waals surface area contributed by atoms with E-state index in [1.165, 1.54) is 0 Å². The van der Waals surface area contributed by atoms with Crippen LogP contribution in [0.25, 0.3) is 10.9 Å². The molecule has 3 aromatic rings. The number of methoxy groups -OCH3 is 1. The van der Waals surface area contributed by atoms with E-state index in [9.17, 15) is 4.79 Å². The van der Waals surface area contributed by atoms with Crippen molar-refractivity contribution in [1.82, 2.24) is 4.57 Å². The second-order valence-electron chi connectivity index (χ2n) is 5.20. The SMILES string of the molecule is COc1ccc2c(c1)cc(NC(=O)OCc1ccccc1)n2C. The highest BCUT2D eigenvalue weighted by Crippen LogP contribution is 2.26. The van der Waals surface area contributed by atoms with Gasteiger partial charge >= 0.3 is 6.09 Å². The number of fused-ring (bicyclic) bond motifs is 1. The maximum absolute atomic E-state index is 12.0. The van der Waals surface area contributed by atoms with E-state index in [4.69, 9.17) is 9.47 Å². The van der Waals surface area contributed by atoms with Crippen LogP contribution < -0.4 is 10.1 Å². The fourth-order valence-corrected chi connectivity index (χ4v) is 2.44. The lowest BCUT2D eigenvalue weighted by atomic mass is 10.2. The normalized spacial score (nSPS) is 10.5. The Morgan fingerprint density at radius 1 is 1.13 bits per heavy atom. The highest BCUT2D eigenvalue weighted by atomic mass is 16.5. The number of aromatic nitrogens is 1. The van der Waals surface area contributed by atoms with Crippen LogP contribution in [0.4, 0.5) is 10.6 Å². The van der Waals surface area contributed by atoms with Crippen molar-refractivity contribution in [3.05, 3.63) is 60.2 Å². The van der Waals surface area contributed by atoms with Gasteiger partial charge in [-0.2, -0.15) is 0 Å². The molecule has 0 bridgehead atoms. The lowest BCUT2D eigenvalue weighted by molar-refractivity contribution is 0.155. The first kappa shape index (κ1) is 15.0. The summed E-state index contributed by atoms with van der Waals surface area (Å²) in [5.41, 5.74) is 1.95. The largest absolute Gasteiger partial charge is 0.497 e. The maximum atomic E-state index is 12.0. The van der Waals surface area contributed by atoms with Crippen molar-refractivity contribution in [1.29, 1.82) is 0 Å². The maximum Gasteiger partial charge on any atom is 0.413 e. The molecule has 1 N–H and O–H groups in total. The van der Waals surface area contributed by atoms with Crippen LogP contribution in [0.2, 0.25) is 0 Å².